The van der Waals surface area contributed by atoms with Gasteiger partial charge in [-0.25, -0.2) is 0 Å². The zero-order valence-electron chi connectivity index (χ0n) is 13.2. The van der Waals surface area contributed by atoms with Crippen LogP contribution in [0.25, 0.3) is 10.0 Å². The van der Waals surface area contributed by atoms with Crippen LogP contribution in [0.15, 0.2) is 29.2 Å². The van der Waals surface area contributed by atoms with Crippen molar-refractivity contribution < 1.29 is 5.11 Å². The molecule has 1 aromatic carbocycles. The summed E-state index contributed by atoms with van der Waals surface area (Å²) in [6, 6.07) is 8.68. The van der Waals surface area contributed by atoms with E-state index in [4.69, 9.17) is 0 Å². The van der Waals surface area contributed by atoms with E-state index in [9.17, 15) is 5.11 Å². The fourth-order valence-electron chi connectivity index (χ4n) is 2.36. The molecule has 0 amide bonds. The summed E-state index contributed by atoms with van der Waals surface area (Å²) in [6.45, 7) is 12.9. The molecule has 0 bridgehead atoms. The Hall–Kier alpha value is -0.981. The average molecular weight is 335 g/mol. The van der Waals surface area contributed by atoms with Crippen LogP contribution >= 0.6 is 0 Å². The molecule has 0 fully saturated rings. The van der Waals surface area contributed by atoms with Gasteiger partial charge in [0.25, 0.3) is 0 Å². The van der Waals surface area contributed by atoms with E-state index < -0.39 is 0 Å². The summed E-state index contributed by atoms with van der Waals surface area (Å²) in [5.74, 6) is 0.466. The van der Waals surface area contributed by atoms with Gasteiger partial charge in [-0.1, -0.05) is 0 Å². The molecule has 0 radical (unpaired) electrons. The fourth-order valence-corrected chi connectivity index (χ4v) is 3.86. The molecule has 1 aromatic heterocycles. The minimum absolute atomic E-state index is 0.0559. The number of benzene rings is 1. The molecule has 0 spiro atoms. The van der Waals surface area contributed by atoms with Crippen LogP contribution in [0.1, 0.15) is 52.7 Å². The first-order valence-electron chi connectivity index (χ1n) is 7.02. The molecule has 2 rings (SSSR count). The molecule has 1 N–H and O–H groups in total. The van der Waals surface area contributed by atoms with Crippen LogP contribution in [0.3, 0.4) is 0 Å². The maximum absolute atomic E-state index is 10.7. The third-order valence-electron chi connectivity index (χ3n) is 3.53. The molecule has 0 saturated heterocycles. The summed E-state index contributed by atoms with van der Waals surface area (Å²) in [5.41, 5.74) is 3.24. The predicted octanol–water partition coefficient (Wildman–Crippen LogP) is 4.71. The Morgan fingerprint density at radius 2 is 1.40 bits per heavy atom. The zero-order chi connectivity index (χ0) is 15.1. The van der Waals surface area contributed by atoms with Crippen LogP contribution in [0, 0.1) is 0 Å². The molecule has 1 heterocycles. The summed E-state index contributed by atoms with van der Waals surface area (Å²) in [5, 5.41) is 10.7. The quantitative estimate of drug-likeness (QED) is 0.748. The molecule has 0 unspecified atom stereocenters. The van der Waals surface area contributed by atoms with Gasteiger partial charge in [-0.05, 0) is 0 Å². The third kappa shape index (κ3) is 3.02. The molecule has 20 heavy (non-hydrogen) atoms. The van der Waals surface area contributed by atoms with Crippen molar-refractivity contribution in [1.29, 1.82) is 0 Å². The molecular weight excluding hydrogens is 311 g/mol. The van der Waals surface area contributed by atoms with Crippen LogP contribution in [-0.2, 0) is 10.8 Å². The number of aromatic hydroxyl groups is 1. The topological polar surface area (TPSA) is 20.2 Å². The molecule has 1 nitrogen and oxygen atoms in total. The van der Waals surface area contributed by atoms with Crippen molar-refractivity contribution in [3.8, 4) is 15.8 Å². The monoisotopic (exact) mass is 336 g/mol. The Morgan fingerprint density at radius 3 is 1.75 bits per heavy atom. The van der Waals surface area contributed by atoms with Gasteiger partial charge in [0.15, 0.2) is 0 Å². The van der Waals surface area contributed by atoms with Gasteiger partial charge in [0.1, 0.15) is 0 Å². The second kappa shape index (κ2) is 5.09. The van der Waals surface area contributed by atoms with E-state index in [2.05, 4.69) is 70.7 Å². The van der Waals surface area contributed by atoms with Crippen molar-refractivity contribution in [2.24, 2.45) is 0 Å². The molecule has 0 aliphatic heterocycles. The van der Waals surface area contributed by atoms with E-state index >= 15 is 0 Å². The molecule has 0 aliphatic rings. The van der Waals surface area contributed by atoms with Gasteiger partial charge in [0.05, 0.1) is 0 Å². The van der Waals surface area contributed by atoms with Gasteiger partial charge in [-0.15, -0.1) is 0 Å². The Morgan fingerprint density at radius 1 is 0.900 bits per heavy atom. The third-order valence-corrected chi connectivity index (χ3v) is 5.46. The van der Waals surface area contributed by atoms with Crippen molar-refractivity contribution >= 4 is 14.5 Å². The molecule has 108 valence electrons. The molecule has 0 atom stereocenters. The van der Waals surface area contributed by atoms with E-state index in [0.29, 0.717) is 20.3 Å². The normalized spacial score (nSPS) is 12.7. The fraction of sp³-hybridized carbons (Fsp3) is 0.444. The molecular formula is C18H24OSe. The standard InChI is InChI=1S/C18H24OSe/c1-17(2,3)13-10-12(15-8-7-9-20-15)11-14(16(13)19)18(4,5)6/h7-11,19H,1-6H3. The van der Waals surface area contributed by atoms with Gasteiger partial charge in [0.2, 0.25) is 0 Å². The Labute approximate surface area is 128 Å². The maximum atomic E-state index is 10.7. The number of hydrogen-bond donors (Lipinski definition) is 1. The van der Waals surface area contributed by atoms with E-state index in [0.717, 1.165) is 11.1 Å². The Balaban J connectivity index is 2.74. The van der Waals surface area contributed by atoms with E-state index in [1.807, 2.05) is 0 Å². The zero-order valence-corrected chi connectivity index (χ0v) is 15.0. The number of phenols is 1. The number of phenolic OH excluding ortho intramolecular Hbond substituents is 1. The van der Waals surface area contributed by atoms with Crippen molar-refractivity contribution in [3.05, 3.63) is 40.3 Å². The Kier molecular flexibility index (Phi) is 3.92. The van der Waals surface area contributed by atoms with Crippen LogP contribution in [-0.4, -0.2) is 19.6 Å². The second-order valence-electron chi connectivity index (χ2n) is 7.40. The average Bonchev–Trinajstić information content (AvgIpc) is 2.79. The molecule has 2 aromatic rings. The van der Waals surface area contributed by atoms with Crippen molar-refractivity contribution in [2.45, 2.75) is 52.4 Å². The van der Waals surface area contributed by atoms with Crippen LogP contribution < -0.4 is 0 Å². The molecule has 0 saturated carbocycles. The van der Waals surface area contributed by atoms with Crippen LogP contribution in [0.2, 0.25) is 0 Å². The van der Waals surface area contributed by atoms with Gasteiger partial charge in [0, 0.05) is 0 Å². The van der Waals surface area contributed by atoms with Gasteiger partial charge in [-0.2, -0.15) is 0 Å². The summed E-state index contributed by atoms with van der Waals surface area (Å²) >= 11 is 0.418. The summed E-state index contributed by atoms with van der Waals surface area (Å²) in [7, 11) is 0. The van der Waals surface area contributed by atoms with Gasteiger partial charge in [-0.3, -0.25) is 0 Å². The second-order valence-corrected chi connectivity index (χ2v) is 9.39. The van der Waals surface area contributed by atoms with E-state index in [1.165, 1.54) is 10.0 Å². The van der Waals surface area contributed by atoms with Crippen molar-refractivity contribution in [3.63, 3.8) is 0 Å². The first-order chi connectivity index (χ1) is 9.10. The summed E-state index contributed by atoms with van der Waals surface area (Å²) in [4.78, 5) is 2.24. The van der Waals surface area contributed by atoms with E-state index in [-0.39, 0.29) is 10.8 Å². The first-order valence-corrected chi connectivity index (χ1v) is 8.87. The minimum atomic E-state index is -0.0559. The first kappa shape index (κ1) is 15.4. The Bertz CT molecular complexity index is 560. The van der Waals surface area contributed by atoms with Gasteiger partial charge >= 0.3 is 128 Å². The predicted molar refractivity (Wildman–Crippen MR) is 87.9 cm³/mol. The molecule has 2 heteroatoms. The summed E-state index contributed by atoms with van der Waals surface area (Å²) in [6.07, 6.45) is 0. The van der Waals surface area contributed by atoms with Gasteiger partial charge < -0.3 is 0 Å². The number of rotatable bonds is 1. The van der Waals surface area contributed by atoms with E-state index in [1.54, 1.807) is 0 Å². The van der Waals surface area contributed by atoms with Crippen LogP contribution in [0.5, 0.6) is 5.75 Å². The SMILES string of the molecule is CC(C)(C)c1cc(-c2ccc[se]2)cc(C(C)(C)C)c1O. The number of hydrogen-bond acceptors (Lipinski definition) is 1. The van der Waals surface area contributed by atoms with Crippen molar-refractivity contribution in [2.75, 3.05) is 0 Å². The van der Waals surface area contributed by atoms with Crippen LogP contribution in [0.4, 0.5) is 0 Å². The molecule has 0 aliphatic carbocycles. The summed E-state index contributed by atoms with van der Waals surface area (Å²) < 4.78 is 1.40. The van der Waals surface area contributed by atoms with Crippen molar-refractivity contribution in [1.82, 2.24) is 0 Å².